The van der Waals surface area contributed by atoms with E-state index in [4.69, 9.17) is 5.73 Å². The Morgan fingerprint density at radius 1 is 1.29 bits per heavy atom. The largest absolute Gasteiger partial charge is 0.354 e. The molecule has 1 atom stereocenters. The summed E-state index contributed by atoms with van der Waals surface area (Å²) < 4.78 is 0. The summed E-state index contributed by atoms with van der Waals surface area (Å²) >= 11 is 0. The van der Waals surface area contributed by atoms with Crippen LogP contribution in [0.1, 0.15) is 29.2 Å². The van der Waals surface area contributed by atoms with Crippen molar-refractivity contribution < 1.29 is 4.79 Å². The second-order valence-corrected chi connectivity index (χ2v) is 4.71. The fourth-order valence-corrected chi connectivity index (χ4v) is 2.08. The quantitative estimate of drug-likeness (QED) is 0.831. The van der Waals surface area contributed by atoms with Gasteiger partial charge in [-0.15, -0.1) is 0 Å². The molecule has 1 rings (SSSR count). The molecule has 0 aliphatic rings. The topological polar surface area (TPSA) is 55.1 Å². The van der Waals surface area contributed by atoms with Gasteiger partial charge in [-0.05, 0) is 50.8 Å². The summed E-state index contributed by atoms with van der Waals surface area (Å²) in [6.07, 6.45) is 0.858. The highest BCUT2D eigenvalue weighted by Crippen LogP contribution is 2.16. The van der Waals surface area contributed by atoms with E-state index in [1.807, 2.05) is 0 Å². The second-order valence-electron chi connectivity index (χ2n) is 4.71. The van der Waals surface area contributed by atoms with Gasteiger partial charge in [0.2, 0.25) is 5.91 Å². The molecular weight excluding hydrogens is 212 g/mol. The molecule has 94 valence electrons. The van der Waals surface area contributed by atoms with Gasteiger partial charge in [-0.2, -0.15) is 0 Å². The van der Waals surface area contributed by atoms with E-state index < -0.39 is 6.04 Å². The van der Waals surface area contributed by atoms with Crippen molar-refractivity contribution in [2.75, 3.05) is 6.54 Å². The Labute approximate surface area is 103 Å². The minimum atomic E-state index is -0.435. The summed E-state index contributed by atoms with van der Waals surface area (Å²) in [5.74, 6) is -0.0904. The molecule has 0 bridgehead atoms. The zero-order valence-electron chi connectivity index (χ0n) is 11.1. The minimum Gasteiger partial charge on any atom is -0.354 e. The fraction of sp³-hybridized carbons (Fsp3) is 0.500. The van der Waals surface area contributed by atoms with Crippen molar-refractivity contribution in [1.82, 2.24) is 5.32 Å². The lowest BCUT2D eigenvalue weighted by Crippen LogP contribution is -2.39. The van der Waals surface area contributed by atoms with Crippen LogP contribution in [0.5, 0.6) is 0 Å². The molecule has 3 N–H and O–H groups in total. The first-order valence-electron chi connectivity index (χ1n) is 6.02. The van der Waals surface area contributed by atoms with Crippen LogP contribution < -0.4 is 11.1 Å². The molecule has 0 radical (unpaired) electrons. The highest BCUT2D eigenvalue weighted by molar-refractivity contribution is 5.80. The molecule has 1 aromatic carbocycles. The first-order valence-corrected chi connectivity index (χ1v) is 6.02. The predicted octanol–water partition coefficient (Wildman–Crippen LogP) is 1.62. The number of carbonyl (C=O) groups excluding carboxylic acids is 1. The third-order valence-electron chi connectivity index (χ3n) is 2.93. The van der Waals surface area contributed by atoms with E-state index in [1.54, 1.807) is 6.92 Å². The van der Waals surface area contributed by atoms with Crippen molar-refractivity contribution in [1.29, 1.82) is 0 Å². The summed E-state index contributed by atoms with van der Waals surface area (Å²) in [6.45, 7) is 8.66. The molecule has 0 saturated carbocycles. The van der Waals surface area contributed by atoms with Crippen LogP contribution >= 0.6 is 0 Å². The van der Waals surface area contributed by atoms with E-state index in [0.29, 0.717) is 6.54 Å². The first-order chi connectivity index (χ1) is 7.91. The second kappa shape index (κ2) is 5.82. The maximum absolute atomic E-state index is 11.3. The Hall–Kier alpha value is -1.35. The smallest absolute Gasteiger partial charge is 0.236 e. The first kappa shape index (κ1) is 13.7. The van der Waals surface area contributed by atoms with Gasteiger partial charge in [0.05, 0.1) is 6.04 Å². The van der Waals surface area contributed by atoms with Gasteiger partial charge in [-0.1, -0.05) is 17.7 Å². The van der Waals surface area contributed by atoms with Gasteiger partial charge in [0.15, 0.2) is 0 Å². The third-order valence-corrected chi connectivity index (χ3v) is 2.93. The van der Waals surface area contributed by atoms with E-state index >= 15 is 0 Å². The van der Waals surface area contributed by atoms with Crippen LogP contribution in [-0.4, -0.2) is 18.5 Å². The van der Waals surface area contributed by atoms with Gasteiger partial charge in [-0.25, -0.2) is 0 Å². The molecule has 1 amide bonds. The molecule has 0 spiro atoms. The monoisotopic (exact) mass is 234 g/mol. The van der Waals surface area contributed by atoms with E-state index in [1.165, 1.54) is 22.3 Å². The Kier molecular flexibility index (Phi) is 4.70. The Bertz CT molecular complexity index is 388. The number of amides is 1. The average Bonchev–Trinajstić information content (AvgIpc) is 2.21. The van der Waals surface area contributed by atoms with Crippen molar-refractivity contribution in [3.8, 4) is 0 Å². The molecule has 0 fully saturated rings. The number of hydrogen-bond donors (Lipinski definition) is 2. The SMILES string of the molecule is Cc1cc(C)c(CCNC(=O)C(C)N)c(C)c1. The number of carbonyl (C=O) groups is 1. The van der Waals surface area contributed by atoms with E-state index in [9.17, 15) is 4.79 Å². The molecule has 1 unspecified atom stereocenters. The van der Waals surface area contributed by atoms with Gasteiger partial charge in [0.25, 0.3) is 0 Å². The number of nitrogens with two attached hydrogens (primary N) is 1. The maximum Gasteiger partial charge on any atom is 0.236 e. The third kappa shape index (κ3) is 3.86. The van der Waals surface area contributed by atoms with Gasteiger partial charge < -0.3 is 11.1 Å². The van der Waals surface area contributed by atoms with Gasteiger partial charge in [0.1, 0.15) is 0 Å². The van der Waals surface area contributed by atoms with Gasteiger partial charge in [0, 0.05) is 6.54 Å². The van der Waals surface area contributed by atoms with Crippen molar-refractivity contribution in [2.45, 2.75) is 40.2 Å². The summed E-state index contributed by atoms with van der Waals surface area (Å²) in [5.41, 5.74) is 10.7. The van der Waals surface area contributed by atoms with Crippen molar-refractivity contribution in [3.05, 3.63) is 34.4 Å². The lowest BCUT2D eigenvalue weighted by atomic mass is 9.97. The highest BCUT2D eigenvalue weighted by Gasteiger charge is 2.07. The number of aryl methyl sites for hydroxylation is 3. The average molecular weight is 234 g/mol. The number of nitrogens with one attached hydrogen (secondary N) is 1. The maximum atomic E-state index is 11.3. The highest BCUT2D eigenvalue weighted by atomic mass is 16.2. The molecule has 0 heterocycles. The standard InChI is InChI=1S/C14H22N2O/c1-9-7-10(2)13(11(3)8-9)5-6-16-14(17)12(4)15/h7-8,12H,5-6,15H2,1-4H3,(H,16,17). The number of rotatable bonds is 4. The molecule has 1 aromatic rings. The zero-order valence-corrected chi connectivity index (χ0v) is 11.1. The Morgan fingerprint density at radius 2 is 1.82 bits per heavy atom. The predicted molar refractivity (Wildman–Crippen MR) is 71.0 cm³/mol. The molecule has 0 aromatic heterocycles. The summed E-state index contributed by atoms with van der Waals surface area (Å²) in [7, 11) is 0. The normalized spacial score (nSPS) is 12.3. The molecule has 17 heavy (non-hydrogen) atoms. The number of benzene rings is 1. The molecule has 3 heteroatoms. The number of hydrogen-bond acceptors (Lipinski definition) is 2. The van der Waals surface area contributed by atoms with Crippen LogP contribution in [0.2, 0.25) is 0 Å². The minimum absolute atomic E-state index is 0.0904. The van der Waals surface area contributed by atoms with Crippen LogP contribution in [0.3, 0.4) is 0 Å². The lowest BCUT2D eigenvalue weighted by Gasteiger charge is -2.12. The van der Waals surface area contributed by atoms with E-state index in [0.717, 1.165) is 6.42 Å². The Balaban J connectivity index is 2.61. The molecule has 0 saturated heterocycles. The Morgan fingerprint density at radius 3 is 2.29 bits per heavy atom. The van der Waals surface area contributed by atoms with E-state index in [-0.39, 0.29) is 5.91 Å². The molecular formula is C14H22N2O. The van der Waals surface area contributed by atoms with Gasteiger partial charge in [-0.3, -0.25) is 4.79 Å². The van der Waals surface area contributed by atoms with Crippen molar-refractivity contribution in [3.63, 3.8) is 0 Å². The van der Waals surface area contributed by atoms with Crippen LogP contribution in [-0.2, 0) is 11.2 Å². The molecule has 3 nitrogen and oxygen atoms in total. The summed E-state index contributed by atoms with van der Waals surface area (Å²) in [4.78, 5) is 11.3. The van der Waals surface area contributed by atoms with Crippen LogP contribution in [0, 0.1) is 20.8 Å². The van der Waals surface area contributed by atoms with Crippen LogP contribution in [0.4, 0.5) is 0 Å². The molecule has 0 aliphatic heterocycles. The summed E-state index contributed by atoms with van der Waals surface area (Å²) in [5, 5.41) is 2.84. The summed E-state index contributed by atoms with van der Waals surface area (Å²) in [6, 6.07) is 3.92. The lowest BCUT2D eigenvalue weighted by molar-refractivity contribution is -0.121. The van der Waals surface area contributed by atoms with Crippen molar-refractivity contribution >= 4 is 5.91 Å². The van der Waals surface area contributed by atoms with Crippen molar-refractivity contribution in [2.24, 2.45) is 5.73 Å². The van der Waals surface area contributed by atoms with E-state index in [2.05, 4.69) is 38.2 Å². The van der Waals surface area contributed by atoms with Crippen LogP contribution in [0.25, 0.3) is 0 Å². The fourth-order valence-electron chi connectivity index (χ4n) is 2.08. The van der Waals surface area contributed by atoms with Gasteiger partial charge >= 0.3 is 0 Å². The zero-order chi connectivity index (χ0) is 13.0. The molecule has 0 aliphatic carbocycles. The van der Waals surface area contributed by atoms with Crippen LogP contribution in [0.15, 0.2) is 12.1 Å².